The number of hydrogen-bond acceptors (Lipinski definition) is 8. The normalized spacial score (nSPS) is 16.6. The lowest BCUT2D eigenvalue weighted by Gasteiger charge is -2.26. The summed E-state index contributed by atoms with van der Waals surface area (Å²) < 4.78 is 0. The number of rotatable bonds is 11. The number of nitrogens with one attached hydrogen (secondary N) is 3. The van der Waals surface area contributed by atoms with Gasteiger partial charge >= 0.3 is 5.97 Å². The molecule has 27 heavy (non-hydrogen) atoms. The summed E-state index contributed by atoms with van der Waals surface area (Å²) >= 11 is 7.87. The molecule has 0 radical (unpaired) electrons. The average Bonchev–Trinajstić information content (AvgIpc) is 2.59. The molecule has 12 heteroatoms. The van der Waals surface area contributed by atoms with E-state index in [0.717, 1.165) is 0 Å². The fraction of sp³-hybridized carbons (Fsp3) is 0.733. The van der Waals surface area contributed by atoms with Gasteiger partial charge in [0.25, 0.3) is 0 Å². The second-order valence-corrected chi connectivity index (χ2v) is 7.06. The number of aliphatic hydroxyl groups is 1. The van der Waals surface area contributed by atoms with Crippen LogP contribution in [0, 0.1) is 5.92 Å². The van der Waals surface area contributed by atoms with Crippen molar-refractivity contribution in [3.05, 3.63) is 0 Å². The molecule has 0 aliphatic rings. The number of amides is 3. The minimum atomic E-state index is -1.36. The van der Waals surface area contributed by atoms with E-state index in [4.69, 9.17) is 10.8 Å². The van der Waals surface area contributed by atoms with Crippen molar-refractivity contribution in [1.29, 1.82) is 0 Å². The molecule has 0 heterocycles. The number of carboxylic acid groups (broad SMARTS) is 1. The molecule has 0 aromatic carbocycles. The molecule has 0 spiro atoms. The summed E-state index contributed by atoms with van der Waals surface area (Å²) in [6, 6.07) is -4.65. The molecule has 0 saturated heterocycles. The number of aliphatic carboxylic acids is 1. The molecule has 0 aromatic rings. The summed E-state index contributed by atoms with van der Waals surface area (Å²) in [7, 11) is 0. The molecule has 7 N–H and O–H groups in total. The van der Waals surface area contributed by atoms with E-state index in [-0.39, 0.29) is 17.4 Å². The molecule has 5 atom stereocenters. The molecule has 0 aliphatic carbocycles. The molecule has 0 aliphatic heterocycles. The van der Waals surface area contributed by atoms with Gasteiger partial charge in [0.05, 0.1) is 12.1 Å². The molecule has 0 rings (SSSR count). The standard InChI is InChI=1S/C15H28N4O6S2/c1-6(2)10(15(24)25)18-13(22)9(5-27)17-14(23)11(7(3)20)19-12(21)8(16)4-26/h6-11,20,26-27H,4-5,16H2,1-3H3,(H,17,23)(H,18,22)(H,19,21)(H,24,25). The van der Waals surface area contributed by atoms with Gasteiger partial charge in [-0.25, -0.2) is 4.79 Å². The third-order valence-electron chi connectivity index (χ3n) is 3.64. The molecule has 0 bridgehead atoms. The number of carbonyl (C=O) groups excluding carboxylic acids is 3. The first-order valence-electron chi connectivity index (χ1n) is 8.25. The number of aliphatic hydroxyl groups excluding tert-OH is 1. The summed E-state index contributed by atoms with van der Waals surface area (Å²) in [5.74, 6) is -3.96. The fourth-order valence-electron chi connectivity index (χ4n) is 1.97. The Morgan fingerprint density at radius 1 is 0.889 bits per heavy atom. The van der Waals surface area contributed by atoms with Crippen LogP contribution < -0.4 is 21.7 Å². The van der Waals surface area contributed by atoms with E-state index < -0.39 is 54.0 Å². The van der Waals surface area contributed by atoms with Gasteiger partial charge in [-0.3, -0.25) is 14.4 Å². The topological polar surface area (TPSA) is 171 Å². The van der Waals surface area contributed by atoms with Crippen molar-refractivity contribution in [2.24, 2.45) is 11.7 Å². The van der Waals surface area contributed by atoms with Crippen molar-refractivity contribution in [3.63, 3.8) is 0 Å². The van der Waals surface area contributed by atoms with Gasteiger partial charge in [-0.15, -0.1) is 0 Å². The number of carbonyl (C=O) groups is 4. The van der Waals surface area contributed by atoms with Crippen LogP contribution in [0.15, 0.2) is 0 Å². The summed E-state index contributed by atoms with van der Waals surface area (Å²) in [5.41, 5.74) is 5.52. The Hall–Kier alpha value is -1.50. The second kappa shape index (κ2) is 12.1. The van der Waals surface area contributed by atoms with E-state index in [9.17, 15) is 24.3 Å². The van der Waals surface area contributed by atoms with Gasteiger partial charge in [0.15, 0.2) is 0 Å². The molecular formula is C15H28N4O6S2. The van der Waals surface area contributed by atoms with Gasteiger partial charge in [-0.2, -0.15) is 25.3 Å². The summed E-state index contributed by atoms with van der Waals surface area (Å²) in [5, 5.41) is 25.9. The Kier molecular flexibility index (Phi) is 11.4. The summed E-state index contributed by atoms with van der Waals surface area (Å²) in [6.45, 7) is 4.53. The molecule has 0 fully saturated rings. The van der Waals surface area contributed by atoms with Crippen molar-refractivity contribution in [2.45, 2.75) is 51.0 Å². The van der Waals surface area contributed by atoms with E-state index in [1.165, 1.54) is 6.92 Å². The third kappa shape index (κ3) is 8.37. The van der Waals surface area contributed by atoms with E-state index in [1.807, 2.05) is 0 Å². The van der Waals surface area contributed by atoms with Gasteiger partial charge in [-0.05, 0) is 12.8 Å². The summed E-state index contributed by atoms with van der Waals surface area (Å²) in [6.07, 6.45) is -1.27. The Morgan fingerprint density at radius 2 is 1.41 bits per heavy atom. The van der Waals surface area contributed by atoms with Crippen LogP contribution in [0.1, 0.15) is 20.8 Å². The van der Waals surface area contributed by atoms with E-state index in [2.05, 4.69) is 41.2 Å². The maximum Gasteiger partial charge on any atom is 0.326 e. The lowest BCUT2D eigenvalue weighted by atomic mass is 10.0. The predicted octanol–water partition coefficient (Wildman–Crippen LogP) is -2.25. The van der Waals surface area contributed by atoms with Crippen LogP contribution in [-0.4, -0.2) is 75.7 Å². The second-order valence-electron chi connectivity index (χ2n) is 6.33. The SMILES string of the molecule is CC(C)C(NC(=O)C(CS)NC(=O)C(NC(=O)C(N)CS)C(C)O)C(=O)O. The maximum atomic E-state index is 12.4. The Bertz CT molecular complexity index is 546. The van der Waals surface area contributed by atoms with Crippen molar-refractivity contribution < 1.29 is 29.4 Å². The zero-order chi connectivity index (χ0) is 21.3. The van der Waals surface area contributed by atoms with Gasteiger partial charge in [0.1, 0.15) is 18.1 Å². The Labute approximate surface area is 168 Å². The molecule has 0 aromatic heterocycles. The van der Waals surface area contributed by atoms with E-state index >= 15 is 0 Å². The quantitative estimate of drug-likeness (QED) is 0.173. The van der Waals surface area contributed by atoms with Gasteiger partial charge in [-0.1, -0.05) is 13.8 Å². The van der Waals surface area contributed by atoms with Crippen molar-refractivity contribution in [3.8, 4) is 0 Å². The van der Waals surface area contributed by atoms with Crippen LogP contribution in [-0.2, 0) is 19.2 Å². The number of carboxylic acids is 1. The minimum Gasteiger partial charge on any atom is -0.480 e. The highest BCUT2D eigenvalue weighted by Gasteiger charge is 2.32. The number of hydrogen-bond donors (Lipinski definition) is 8. The largest absolute Gasteiger partial charge is 0.480 e. The van der Waals surface area contributed by atoms with E-state index in [0.29, 0.717) is 0 Å². The number of nitrogens with two attached hydrogens (primary N) is 1. The lowest BCUT2D eigenvalue weighted by molar-refractivity contribution is -0.143. The minimum absolute atomic E-state index is 0.0352. The first kappa shape index (κ1) is 25.5. The zero-order valence-corrected chi connectivity index (χ0v) is 17.2. The molecular weight excluding hydrogens is 396 g/mol. The maximum absolute atomic E-state index is 12.4. The lowest BCUT2D eigenvalue weighted by Crippen LogP contribution is -2.60. The molecule has 3 amide bonds. The molecule has 156 valence electrons. The third-order valence-corrected chi connectivity index (χ3v) is 4.40. The van der Waals surface area contributed by atoms with Crippen LogP contribution >= 0.6 is 25.3 Å². The Morgan fingerprint density at radius 3 is 1.78 bits per heavy atom. The van der Waals surface area contributed by atoms with Crippen LogP contribution in [0.4, 0.5) is 0 Å². The number of thiol groups is 2. The van der Waals surface area contributed by atoms with Crippen molar-refractivity contribution in [2.75, 3.05) is 11.5 Å². The van der Waals surface area contributed by atoms with Gasteiger partial charge in [0.2, 0.25) is 17.7 Å². The zero-order valence-electron chi connectivity index (χ0n) is 15.4. The first-order valence-corrected chi connectivity index (χ1v) is 9.51. The van der Waals surface area contributed by atoms with Crippen LogP contribution in [0.3, 0.4) is 0 Å². The van der Waals surface area contributed by atoms with Crippen LogP contribution in [0.25, 0.3) is 0 Å². The van der Waals surface area contributed by atoms with Gasteiger partial charge < -0.3 is 31.9 Å². The molecule has 0 saturated carbocycles. The summed E-state index contributed by atoms with van der Waals surface area (Å²) in [4.78, 5) is 47.7. The van der Waals surface area contributed by atoms with Gasteiger partial charge in [0, 0.05) is 11.5 Å². The highest BCUT2D eigenvalue weighted by molar-refractivity contribution is 7.80. The van der Waals surface area contributed by atoms with E-state index in [1.54, 1.807) is 13.8 Å². The van der Waals surface area contributed by atoms with Crippen LogP contribution in [0.2, 0.25) is 0 Å². The first-order chi connectivity index (χ1) is 12.5. The van der Waals surface area contributed by atoms with Crippen LogP contribution in [0.5, 0.6) is 0 Å². The highest BCUT2D eigenvalue weighted by atomic mass is 32.1. The monoisotopic (exact) mass is 424 g/mol. The molecule has 5 unspecified atom stereocenters. The average molecular weight is 425 g/mol. The molecule has 10 nitrogen and oxygen atoms in total. The Balaban J connectivity index is 5.13. The smallest absolute Gasteiger partial charge is 0.326 e. The van der Waals surface area contributed by atoms with Crippen molar-refractivity contribution in [1.82, 2.24) is 16.0 Å². The fourth-order valence-corrected chi connectivity index (χ4v) is 2.39. The van der Waals surface area contributed by atoms with Crippen molar-refractivity contribution >= 4 is 48.9 Å². The predicted molar refractivity (Wildman–Crippen MR) is 106 cm³/mol. The highest BCUT2D eigenvalue weighted by Crippen LogP contribution is 2.04.